The highest BCUT2D eigenvalue weighted by atomic mass is 32.2. The van der Waals surface area contributed by atoms with E-state index in [9.17, 15) is 14.4 Å². The number of nitrogens with zero attached hydrogens (tertiary/aromatic N) is 3. The van der Waals surface area contributed by atoms with Crippen molar-refractivity contribution in [3.63, 3.8) is 0 Å². The molecule has 3 amide bonds. The molecule has 0 radical (unpaired) electrons. The van der Waals surface area contributed by atoms with E-state index < -0.39 is 0 Å². The number of hydrogen-bond donors (Lipinski definition) is 0. The summed E-state index contributed by atoms with van der Waals surface area (Å²) < 4.78 is 5.77. The fourth-order valence-electron chi connectivity index (χ4n) is 3.44. The summed E-state index contributed by atoms with van der Waals surface area (Å²) in [5.74, 6) is 1.09. The minimum Gasteiger partial charge on any atom is -0.454 e. The lowest BCUT2D eigenvalue weighted by Gasteiger charge is -2.33. The largest absolute Gasteiger partial charge is 0.454 e. The van der Waals surface area contributed by atoms with E-state index in [-0.39, 0.29) is 23.5 Å². The number of hydrogen-bond acceptors (Lipinski definition) is 5. The molecule has 0 saturated carbocycles. The highest BCUT2D eigenvalue weighted by molar-refractivity contribution is 8.00. The first-order chi connectivity index (χ1) is 13.5. The second-order valence-electron chi connectivity index (χ2n) is 6.80. The zero-order valence-electron chi connectivity index (χ0n) is 15.6. The Balaban J connectivity index is 1.44. The van der Waals surface area contributed by atoms with E-state index in [1.165, 1.54) is 18.7 Å². The third-order valence-corrected chi connectivity index (χ3v) is 6.05. The summed E-state index contributed by atoms with van der Waals surface area (Å²) in [7, 11) is 0. The average Bonchev–Trinajstić information content (AvgIpc) is 3.18. The molecule has 146 valence electrons. The molecular formula is C20H21N3O4S. The Labute approximate surface area is 167 Å². The van der Waals surface area contributed by atoms with Gasteiger partial charge < -0.3 is 19.1 Å². The van der Waals surface area contributed by atoms with Crippen LogP contribution in [-0.4, -0.2) is 59.5 Å². The van der Waals surface area contributed by atoms with Crippen LogP contribution >= 0.6 is 11.8 Å². The molecule has 3 heterocycles. The molecule has 8 heteroatoms. The van der Waals surface area contributed by atoms with E-state index in [4.69, 9.17) is 4.42 Å². The van der Waals surface area contributed by atoms with Crippen molar-refractivity contribution in [3.8, 4) is 0 Å². The molecule has 0 aliphatic carbocycles. The Kier molecular flexibility index (Phi) is 5.13. The molecule has 0 N–H and O–H groups in total. The number of fused-ring (bicyclic) bond motifs is 1. The SMILES string of the molecule is CC(=O)N1CCN(C(=O)c2ccc(CN3C(=O)CSc4ccccc43)o2)CC1. The number of para-hydroxylation sites is 1. The monoisotopic (exact) mass is 399 g/mol. The molecule has 2 aliphatic heterocycles. The molecular weight excluding hydrogens is 378 g/mol. The Morgan fingerprint density at radius 2 is 1.75 bits per heavy atom. The van der Waals surface area contributed by atoms with Crippen molar-refractivity contribution in [2.75, 3.05) is 36.8 Å². The molecule has 28 heavy (non-hydrogen) atoms. The van der Waals surface area contributed by atoms with Gasteiger partial charge in [0.1, 0.15) is 5.76 Å². The van der Waals surface area contributed by atoms with Crippen LogP contribution in [0.3, 0.4) is 0 Å². The van der Waals surface area contributed by atoms with Crippen molar-refractivity contribution < 1.29 is 18.8 Å². The van der Waals surface area contributed by atoms with Crippen LogP contribution in [0.1, 0.15) is 23.2 Å². The predicted octanol–water partition coefficient (Wildman–Crippen LogP) is 2.22. The summed E-state index contributed by atoms with van der Waals surface area (Å²) >= 11 is 1.53. The number of thioether (sulfide) groups is 1. The highest BCUT2D eigenvalue weighted by Gasteiger charge is 2.28. The first-order valence-corrected chi connectivity index (χ1v) is 10.2. The fraction of sp³-hybridized carbons (Fsp3) is 0.350. The second kappa shape index (κ2) is 7.71. The lowest BCUT2D eigenvalue weighted by Crippen LogP contribution is -2.50. The van der Waals surface area contributed by atoms with E-state index >= 15 is 0 Å². The molecule has 1 aromatic carbocycles. The van der Waals surface area contributed by atoms with Gasteiger partial charge in [0.15, 0.2) is 5.76 Å². The van der Waals surface area contributed by atoms with E-state index in [1.807, 2.05) is 24.3 Å². The van der Waals surface area contributed by atoms with E-state index in [2.05, 4.69) is 0 Å². The summed E-state index contributed by atoms with van der Waals surface area (Å²) in [6.07, 6.45) is 0. The molecule has 0 bridgehead atoms. The summed E-state index contributed by atoms with van der Waals surface area (Å²) in [6, 6.07) is 11.2. The van der Waals surface area contributed by atoms with Gasteiger partial charge >= 0.3 is 0 Å². The molecule has 7 nitrogen and oxygen atoms in total. The molecule has 1 aromatic heterocycles. The van der Waals surface area contributed by atoms with Crippen molar-refractivity contribution in [2.24, 2.45) is 0 Å². The van der Waals surface area contributed by atoms with Crippen LogP contribution in [0.4, 0.5) is 5.69 Å². The number of benzene rings is 1. The van der Waals surface area contributed by atoms with Crippen LogP contribution in [0, 0.1) is 0 Å². The maximum atomic E-state index is 12.7. The molecule has 0 atom stereocenters. The van der Waals surface area contributed by atoms with Gasteiger partial charge in [0.05, 0.1) is 18.0 Å². The topological polar surface area (TPSA) is 74.1 Å². The standard InChI is InChI=1S/C20H21N3O4S/c1-14(24)21-8-10-22(11-9-21)20(26)17-7-6-15(27-17)12-23-16-4-2-3-5-18(16)28-13-19(23)25/h2-7H,8-13H2,1H3. The molecule has 1 saturated heterocycles. The Morgan fingerprint density at radius 1 is 1.04 bits per heavy atom. The minimum atomic E-state index is -0.185. The van der Waals surface area contributed by atoms with Gasteiger partial charge in [-0.3, -0.25) is 14.4 Å². The molecule has 0 spiro atoms. The van der Waals surface area contributed by atoms with Gasteiger partial charge in [-0.25, -0.2) is 0 Å². The van der Waals surface area contributed by atoms with Gasteiger partial charge in [-0.05, 0) is 24.3 Å². The van der Waals surface area contributed by atoms with Gasteiger partial charge in [0.2, 0.25) is 11.8 Å². The summed E-state index contributed by atoms with van der Waals surface area (Å²) in [5.41, 5.74) is 0.869. The first kappa shape index (κ1) is 18.6. The van der Waals surface area contributed by atoms with Gasteiger partial charge in [-0.2, -0.15) is 0 Å². The van der Waals surface area contributed by atoms with Crippen molar-refractivity contribution in [3.05, 3.63) is 47.9 Å². The molecule has 2 aliphatic rings. The van der Waals surface area contributed by atoms with Gasteiger partial charge in [-0.1, -0.05) is 12.1 Å². The zero-order chi connectivity index (χ0) is 19.7. The minimum absolute atomic E-state index is 0.0216. The highest BCUT2D eigenvalue weighted by Crippen LogP contribution is 2.35. The maximum absolute atomic E-state index is 12.7. The number of furan rings is 1. The van der Waals surface area contributed by atoms with Crippen molar-refractivity contribution >= 4 is 35.2 Å². The lowest BCUT2D eigenvalue weighted by molar-refractivity contribution is -0.130. The second-order valence-corrected chi connectivity index (χ2v) is 7.82. The number of carbonyl (C=O) groups is 3. The normalized spacial score (nSPS) is 16.9. The Bertz CT molecular complexity index is 918. The molecule has 0 unspecified atom stereocenters. The van der Waals surface area contributed by atoms with E-state index in [0.717, 1.165) is 10.6 Å². The van der Waals surface area contributed by atoms with Crippen molar-refractivity contribution in [2.45, 2.75) is 18.4 Å². The van der Waals surface area contributed by atoms with Gasteiger partial charge in [-0.15, -0.1) is 11.8 Å². The van der Waals surface area contributed by atoms with Crippen molar-refractivity contribution in [1.82, 2.24) is 9.80 Å². The molecule has 1 fully saturated rings. The van der Waals surface area contributed by atoms with E-state index in [1.54, 1.807) is 26.8 Å². The van der Waals surface area contributed by atoms with Crippen LogP contribution in [0.2, 0.25) is 0 Å². The average molecular weight is 399 g/mol. The third kappa shape index (κ3) is 3.64. The van der Waals surface area contributed by atoms with Gasteiger partial charge in [0, 0.05) is 38.0 Å². The molecule has 2 aromatic rings. The zero-order valence-corrected chi connectivity index (χ0v) is 16.4. The van der Waals surface area contributed by atoms with E-state index in [0.29, 0.717) is 44.2 Å². The van der Waals surface area contributed by atoms with Gasteiger partial charge in [0.25, 0.3) is 5.91 Å². The first-order valence-electron chi connectivity index (χ1n) is 9.18. The number of anilines is 1. The Morgan fingerprint density at radius 3 is 2.50 bits per heavy atom. The fourth-order valence-corrected chi connectivity index (χ4v) is 4.38. The summed E-state index contributed by atoms with van der Waals surface area (Å²) in [4.78, 5) is 42.7. The summed E-state index contributed by atoms with van der Waals surface area (Å²) in [6.45, 7) is 3.88. The lowest BCUT2D eigenvalue weighted by atomic mass is 10.2. The molecule has 4 rings (SSSR count). The maximum Gasteiger partial charge on any atom is 0.289 e. The summed E-state index contributed by atoms with van der Waals surface area (Å²) in [5, 5.41) is 0. The predicted molar refractivity (Wildman–Crippen MR) is 105 cm³/mol. The van der Waals surface area contributed by atoms with Crippen LogP contribution in [-0.2, 0) is 16.1 Å². The Hall–Kier alpha value is -2.74. The van der Waals surface area contributed by atoms with Crippen LogP contribution in [0.5, 0.6) is 0 Å². The van der Waals surface area contributed by atoms with Crippen LogP contribution in [0.25, 0.3) is 0 Å². The van der Waals surface area contributed by atoms with Crippen LogP contribution < -0.4 is 4.90 Å². The third-order valence-electron chi connectivity index (χ3n) is 5.01. The van der Waals surface area contributed by atoms with Crippen LogP contribution in [0.15, 0.2) is 45.7 Å². The number of piperazine rings is 1. The number of carbonyl (C=O) groups excluding carboxylic acids is 3. The smallest absolute Gasteiger partial charge is 0.289 e. The quantitative estimate of drug-likeness (QED) is 0.791. The van der Waals surface area contributed by atoms with Crippen molar-refractivity contribution in [1.29, 1.82) is 0 Å². The number of amides is 3. The number of rotatable bonds is 3.